The molecular formula is C26H22O. The molecule has 0 spiro atoms. The first-order valence-electron chi connectivity index (χ1n) is 9.18. The topological polar surface area (TPSA) is 17.1 Å². The van der Waals surface area contributed by atoms with E-state index in [0.29, 0.717) is 5.56 Å². The van der Waals surface area contributed by atoms with E-state index >= 15 is 0 Å². The first-order valence-corrected chi connectivity index (χ1v) is 9.18. The molecule has 3 aromatic rings. The van der Waals surface area contributed by atoms with Crippen LogP contribution in [-0.4, -0.2) is 5.78 Å². The van der Waals surface area contributed by atoms with Gasteiger partial charge in [0.15, 0.2) is 5.78 Å². The number of aryl methyl sites for hydroxylation is 1. The molecule has 0 saturated carbocycles. The zero-order valence-corrected chi connectivity index (χ0v) is 15.5. The second kappa shape index (κ2) is 8.83. The average Bonchev–Trinajstić information content (AvgIpc) is 2.73. The smallest absolute Gasteiger partial charge is 0.185 e. The SMILES string of the molecule is C=CC(=O)c1ccc(-c2ccc(C#Cc3ccc(CCC)cc3)cc2)cc1. The van der Waals surface area contributed by atoms with Crippen LogP contribution in [0.1, 0.15) is 40.4 Å². The summed E-state index contributed by atoms with van der Waals surface area (Å²) in [6.07, 6.45) is 3.60. The number of carbonyl (C=O) groups is 1. The maximum atomic E-state index is 11.6. The van der Waals surface area contributed by atoms with E-state index < -0.39 is 0 Å². The minimum atomic E-state index is -0.0603. The quantitative estimate of drug-likeness (QED) is 0.310. The summed E-state index contributed by atoms with van der Waals surface area (Å²) >= 11 is 0. The van der Waals surface area contributed by atoms with E-state index in [-0.39, 0.29) is 5.78 Å². The van der Waals surface area contributed by atoms with Crippen molar-refractivity contribution in [3.8, 4) is 23.0 Å². The normalized spacial score (nSPS) is 9.96. The minimum Gasteiger partial charge on any atom is -0.289 e. The van der Waals surface area contributed by atoms with Gasteiger partial charge in [-0.15, -0.1) is 0 Å². The summed E-state index contributed by atoms with van der Waals surface area (Å²) in [4.78, 5) is 11.6. The fourth-order valence-corrected chi connectivity index (χ4v) is 2.88. The Morgan fingerprint density at radius 3 is 1.78 bits per heavy atom. The highest BCUT2D eigenvalue weighted by atomic mass is 16.1. The molecule has 0 amide bonds. The molecule has 1 heteroatoms. The van der Waals surface area contributed by atoms with Crippen LogP contribution in [0.2, 0.25) is 0 Å². The molecule has 0 saturated heterocycles. The third kappa shape index (κ3) is 4.84. The number of benzene rings is 3. The highest BCUT2D eigenvalue weighted by molar-refractivity contribution is 6.04. The molecule has 0 aliphatic heterocycles. The summed E-state index contributed by atoms with van der Waals surface area (Å²) in [5.74, 6) is 6.38. The molecule has 1 nitrogen and oxygen atoms in total. The van der Waals surface area contributed by atoms with Crippen LogP contribution in [0.5, 0.6) is 0 Å². The van der Waals surface area contributed by atoms with Crippen molar-refractivity contribution in [3.63, 3.8) is 0 Å². The predicted octanol–water partition coefficient (Wildman–Crippen LogP) is 6.07. The Bertz CT molecular complexity index is 979. The van der Waals surface area contributed by atoms with Gasteiger partial charge in [0.05, 0.1) is 0 Å². The van der Waals surface area contributed by atoms with Crippen LogP contribution in [0, 0.1) is 11.8 Å². The molecule has 3 rings (SSSR count). The molecule has 3 aromatic carbocycles. The van der Waals surface area contributed by atoms with Crippen LogP contribution in [0.15, 0.2) is 85.5 Å². The van der Waals surface area contributed by atoms with Crippen LogP contribution in [0.4, 0.5) is 0 Å². The number of rotatable bonds is 5. The molecule has 0 aromatic heterocycles. The summed E-state index contributed by atoms with van der Waals surface area (Å²) in [6, 6.07) is 24.2. The van der Waals surface area contributed by atoms with Crippen LogP contribution in [0.3, 0.4) is 0 Å². The van der Waals surface area contributed by atoms with Gasteiger partial charge in [-0.05, 0) is 53.5 Å². The van der Waals surface area contributed by atoms with Crippen molar-refractivity contribution in [3.05, 3.63) is 108 Å². The number of carbonyl (C=O) groups excluding carboxylic acids is 1. The average molecular weight is 350 g/mol. The van der Waals surface area contributed by atoms with Crippen molar-refractivity contribution < 1.29 is 4.79 Å². The molecule has 0 fully saturated rings. The zero-order valence-electron chi connectivity index (χ0n) is 15.5. The maximum Gasteiger partial charge on any atom is 0.185 e. The van der Waals surface area contributed by atoms with Gasteiger partial charge in [-0.3, -0.25) is 4.79 Å². The fraction of sp³-hybridized carbons (Fsp3) is 0.115. The van der Waals surface area contributed by atoms with Gasteiger partial charge in [0.25, 0.3) is 0 Å². The Morgan fingerprint density at radius 2 is 1.30 bits per heavy atom. The molecule has 0 heterocycles. The third-order valence-electron chi connectivity index (χ3n) is 4.42. The molecule has 0 atom stereocenters. The molecule has 0 radical (unpaired) electrons. The maximum absolute atomic E-state index is 11.6. The van der Waals surface area contributed by atoms with Gasteiger partial charge in [-0.1, -0.05) is 80.3 Å². The van der Waals surface area contributed by atoms with Crippen LogP contribution in [-0.2, 0) is 6.42 Å². The van der Waals surface area contributed by atoms with Crippen LogP contribution >= 0.6 is 0 Å². The first-order chi connectivity index (χ1) is 13.2. The highest BCUT2D eigenvalue weighted by Crippen LogP contribution is 2.20. The Hall–Kier alpha value is -3.37. The van der Waals surface area contributed by atoms with Crippen molar-refractivity contribution in [1.82, 2.24) is 0 Å². The largest absolute Gasteiger partial charge is 0.289 e. The van der Waals surface area contributed by atoms with Gasteiger partial charge in [0.1, 0.15) is 0 Å². The van der Waals surface area contributed by atoms with Crippen molar-refractivity contribution >= 4 is 5.78 Å². The molecule has 0 bridgehead atoms. The van der Waals surface area contributed by atoms with Crippen LogP contribution < -0.4 is 0 Å². The third-order valence-corrected chi connectivity index (χ3v) is 4.42. The van der Waals surface area contributed by atoms with Crippen molar-refractivity contribution in [2.24, 2.45) is 0 Å². The molecule has 0 N–H and O–H groups in total. The predicted molar refractivity (Wildman–Crippen MR) is 113 cm³/mol. The molecule has 0 aliphatic carbocycles. The van der Waals surface area contributed by atoms with E-state index in [1.807, 2.05) is 36.4 Å². The summed E-state index contributed by atoms with van der Waals surface area (Å²) < 4.78 is 0. The molecule has 132 valence electrons. The Balaban J connectivity index is 1.72. The Morgan fingerprint density at radius 1 is 0.815 bits per heavy atom. The van der Waals surface area contributed by atoms with E-state index in [4.69, 9.17) is 0 Å². The van der Waals surface area contributed by atoms with E-state index in [9.17, 15) is 4.79 Å². The lowest BCUT2D eigenvalue weighted by atomic mass is 10.0. The second-order valence-corrected chi connectivity index (χ2v) is 6.42. The van der Waals surface area contributed by atoms with Crippen molar-refractivity contribution in [2.75, 3.05) is 0 Å². The van der Waals surface area contributed by atoms with Crippen molar-refractivity contribution in [2.45, 2.75) is 19.8 Å². The lowest BCUT2D eigenvalue weighted by Gasteiger charge is -2.03. The van der Waals surface area contributed by atoms with Gasteiger partial charge < -0.3 is 0 Å². The number of hydrogen-bond acceptors (Lipinski definition) is 1. The van der Waals surface area contributed by atoms with Crippen LogP contribution in [0.25, 0.3) is 11.1 Å². The lowest BCUT2D eigenvalue weighted by molar-refractivity contribution is 0.104. The lowest BCUT2D eigenvalue weighted by Crippen LogP contribution is -1.92. The van der Waals surface area contributed by atoms with Gasteiger partial charge in [-0.2, -0.15) is 0 Å². The van der Waals surface area contributed by atoms with E-state index in [0.717, 1.165) is 35.1 Å². The summed E-state index contributed by atoms with van der Waals surface area (Å²) in [7, 11) is 0. The van der Waals surface area contributed by atoms with Gasteiger partial charge in [0, 0.05) is 16.7 Å². The Labute approximate surface area is 161 Å². The van der Waals surface area contributed by atoms with Crippen molar-refractivity contribution in [1.29, 1.82) is 0 Å². The summed E-state index contributed by atoms with van der Waals surface area (Å²) in [5, 5.41) is 0. The number of hydrogen-bond donors (Lipinski definition) is 0. The molecule has 27 heavy (non-hydrogen) atoms. The van der Waals surface area contributed by atoms with E-state index in [1.54, 1.807) is 0 Å². The van der Waals surface area contributed by atoms with E-state index in [1.165, 1.54) is 11.6 Å². The number of allylic oxidation sites excluding steroid dienone is 1. The fourth-order valence-electron chi connectivity index (χ4n) is 2.88. The van der Waals surface area contributed by atoms with Gasteiger partial charge in [-0.25, -0.2) is 0 Å². The molecular weight excluding hydrogens is 328 g/mol. The number of ketones is 1. The first kappa shape index (κ1) is 18.4. The Kier molecular flexibility index (Phi) is 6.02. The molecule has 0 unspecified atom stereocenters. The monoisotopic (exact) mass is 350 g/mol. The minimum absolute atomic E-state index is 0.0603. The summed E-state index contributed by atoms with van der Waals surface area (Å²) in [6.45, 7) is 5.70. The second-order valence-electron chi connectivity index (χ2n) is 6.42. The van der Waals surface area contributed by atoms with Gasteiger partial charge in [0.2, 0.25) is 0 Å². The van der Waals surface area contributed by atoms with E-state index in [2.05, 4.69) is 61.7 Å². The zero-order chi connectivity index (χ0) is 19.1. The molecule has 0 aliphatic rings. The standard InChI is InChI=1S/C26H22O/c1-3-5-20-6-8-21(9-7-20)10-11-22-12-14-23(15-13-22)24-16-18-25(19-17-24)26(27)4-2/h4,6-9,12-19H,2-3,5H2,1H3. The summed E-state index contributed by atoms with van der Waals surface area (Å²) in [5.41, 5.74) is 6.19. The highest BCUT2D eigenvalue weighted by Gasteiger charge is 2.02. The van der Waals surface area contributed by atoms with Gasteiger partial charge >= 0.3 is 0 Å².